The van der Waals surface area contributed by atoms with Crippen molar-refractivity contribution in [3.63, 3.8) is 0 Å². The van der Waals surface area contributed by atoms with Crippen molar-refractivity contribution in [3.8, 4) is 0 Å². The molecule has 1 aliphatic heterocycles. The lowest BCUT2D eigenvalue weighted by Gasteiger charge is -2.40. The average molecular weight is 336 g/mol. The summed E-state index contributed by atoms with van der Waals surface area (Å²) in [5.74, 6) is -0.377. The average Bonchev–Trinajstić information content (AvgIpc) is 2.45. The summed E-state index contributed by atoms with van der Waals surface area (Å²) in [6.07, 6.45) is -4.41. The van der Waals surface area contributed by atoms with Crippen molar-refractivity contribution in [2.75, 3.05) is 13.1 Å². The van der Waals surface area contributed by atoms with Crippen molar-refractivity contribution < 1.29 is 23.1 Å². The number of hydrogen-bond acceptors (Lipinski definition) is 2. The molecule has 1 aromatic rings. The highest BCUT2D eigenvalue weighted by atomic mass is 35.5. The SMILES string of the molecule is O=C(CCc1ccc(Cl)cc1)N1CCCC(O)(C(F)(F)F)C1. The molecule has 1 heterocycles. The minimum Gasteiger partial charge on any atom is -0.379 e. The highest BCUT2D eigenvalue weighted by molar-refractivity contribution is 6.30. The fraction of sp³-hybridized carbons (Fsp3) is 0.533. The van der Waals surface area contributed by atoms with Crippen LogP contribution in [0.3, 0.4) is 0 Å². The molecule has 0 radical (unpaired) electrons. The van der Waals surface area contributed by atoms with E-state index in [2.05, 4.69) is 0 Å². The largest absolute Gasteiger partial charge is 0.418 e. The predicted octanol–water partition coefficient (Wildman–Crippen LogP) is 3.19. The number of aryl methyl sites for hydroxylation is 1. The number of piperidine rings is 1. The molecule has 1 N–H and O–H groups in total. The van der Waals surface area contributed by atoms with E-state index in [0.29, 0.717) is 11.4 Å². The van der Waals surface area contributed by atoms with E-state index < -0.39 is 18.3 Å². The maximum atomic E-state index is 12.9. The van der Waals surface area contributed by atoms with Gasteiger partial charge in [0.15, 0.2) is 5.60 Å². The van der Waals surface area contributed by atoms with Crippen LogP contribution in [0.15, 0.2) is 24.3 Å². The first-order chi connectivity index (χ1) is 10.2. The van der Waals surface area contributed by atoms with Gasteiger partial charge in [0.1, 0.15) is 0 Å². The molecule has 1 aliphatic rings. The number of aliphatic hydroxyl groups is 1. The third kappa shape index (κ3) is 3.93. The number of alkyl halides is 3. The Balaban J connectivity index is 1.93. The van der Waals surface area contributed by atoms with Crippen molar-refractivity contribution in [1.82, 2.24) is 4.90 Å². The molecule has 0 aliphatic carbocycles. The molecular formula is C15H17ClF3NO2. The summed E-state index contributed by atoms with van der Waals surface area (Å²) in [5, 5.41) is 10.3. The zero-order valence-corrected chi connectivity index (χ0v) is 12.6. The first-order valence-electron chi connectivity index (χ1n) is 7.03. The fourth-order valence-corrected chi connectivity index (χ4v) is 2.67. The molecule has 1 aromatic carbocycles. The summed E-state index contributed by atoms with van der Waals surface area (Å²) < 4.78 is 38.6. The first-order valence-corrected chi connectivity index (χ1v) is 7.40. The van der Waals surface area contributed by atoms with Gasteiger partial charge in [-0.2, -0.15) is 13.2 Å². The van der Waals surface area contributed by atoms with Crippen molar-refractivity contribution in [2.45, 2.75) is 37.5 Å². The molecule has 122 valence electrons. The molecule has 0 spiro atoms. The Morgan fingerprint density at radius 3 is 2.55 bits per heavy atom. The monoisotopic (exact) mass is 335 g/mol. The number of rotatable bonds is 3. The summed E-state index contributed by atoms with van der Waals surface area (Å²) in [7, 11) is 0. The van der Waals surface area contributed by atoms with Gasteiger partial charge >= 0.3 is 6.18 Å². The van der Waals surface area contributed by atoms with E-state index in [1.165, 1.54) is 0 Å². The normalized spacial score (nSPS) is 22.7. The summed E-state index contributed by atoms with van der Waals surface area (Å²) in [6, 6.07) is 6.95. The Bertz CT molecular complexity index is 533. The van der Waals surface area contributed by atoms with Gasteiger partial charge in [-0.05, 0) is 37.0 Å². The Morgan fingerprint density at radius 1 is 1.32 bits per heavy atom. The van der Waals surface area contributed by atoms with Gasteiger partial charge in [0.2, 0.25) is 5.91 Å². The van der Waals surface area contributed by atoms with Crippen LogP contribution in [0.4, 0.5) is 13.2 Å². The third-order valence-corrected chi connectivity index (χ3v) is 4.14. The van der Waals surface area contributed by atoms with Crippen molar-refractivity contribution in [1.29, 1.82) is 0 Å². The summed E-state index contributed by atoms with van der Waals surface area (Å²) in [6.45, 7) is -0.437. The van der Waals surface area contributed by atoms with Crippen LogP contribution in [-0.4, -0.2) is 40.8 Å². The van der Waals surface area contributed by atoms with Crippen LogP contribution in [0.5, 0.6) is 0 Å². The second-order valence-corrected chi connectivity index (χ2v) is 6.01. The van der Waals surface area contributed by atoms with Gasteiger partial charge in [0.05, 0.1) is 6.54 Å². The van der Waals surface area contributed by atoms with Crippen LogP contribution in [0.1, 0.15) is 24.8 Å². The zero-order valence-electron chi connectivity index (χ0n) is 11.9. The van der Waals surface area contributed by atoms with E-state index >= 15 is 0 Å². The highest BCUT2D eigenvalue weighted by Gasteiger charge is 2.55. The van der Waals surface area contributed by atoms with Gasteiger partial charge in [-0.1, -0.05) is 23.7 Å². The van der Waals surface area contributed by atoms with E-state index in [1.807, 2.05) is 0 Å². The molecule has 7 heteroatoms. The fourth-order valence-electron chi connectivity index (χ4n) is 2.54. The number of carbonyl (C=O) groups is 1. The molecule has 1 unspecified atom stereocenters. The lowest BCUT2D eigenvalue weighted by molar-refractivity contribution is -0.272. The molecule has 0 aromatic heterocycles. The van der Waals surface area contributed by atoms with Gasteiger partial charge in [-0.3, -0.25) is 4.79 Å². The van der Waals surface area contributed by atoms with E-state index in [-0.39, 0.29) is 31.7 Å². The molecule has 1 amide bonds. The van der Waals surface area contributed by atoms with E-state index in [4.69, 9.17) is 11.6 Å². The molecular weight excluding hydrogens is 319 g/mol. The molecule has 3 nitrogen and oxygen atoms in total. The minimum absolute atomic E-state index is 0.107. The molecule has 0 saturated carbocycles. The number of carbonyl (C=O) groups excluding carboxylic acids is 1. The van der Waals surface area contributed by atoms with E-state index in [9.17, 15) is 23.1 Å². The molecule has 1 fully saturated rings. The first kappa shape index (κ1) is 17.1. The minimum atomic E-state index is -4.72. The Hall–Kier alpha value is -1.27. The van der Waals surface area contributed by atoms with Gasteiger partial charge in [-0.15, -0.1) is 0 Å². The number of amides is 1. The summed E-state index contributed by atoms with van der Waals surface area (Å²) in [5.41, 5.74) is -1.90. The van der Waals surface area contributed by atoms with Gasteiger partial charge in [-0.25, -0.2) is 0 Å². The zero-order chi connectivity index (χ0) is 16.4. The summed E-state index contributed by atoms with van der Waals surface area (Å²) >= 11 is 5.76. The third-order valence-electron chi connectivity index (χ3n) is 3.89. The predicted molar refractivity (Wildman–Crippen MR) is 76.6 cm³/mol. The van der Waals surface area contributed by atoms with Crippen LogP contribution < -0.4 is 0 Å². The topological polar surface area (TPSA) is 40.5 Å². The van der Waals surface area contributed by atoms with Crippen molar-refractivity contribution in [3.05, 3.63) is 34.9 Å². The highest BCUT2D eigenvalue weighted by Crippen LogP contribution is 2.37. The van der Waals surface area contributed by atoms with E-state index in [0.717, 1.165) is 10.5 Å². The van der Waals surface area contributed by atoms with Gasteiger partial charge in [0.25, 0.3) is 0 Å². The number of halogens is 4. The Morgan fingerprint density at radius 2 is 1.95 bits per heavy atom. The number of nitrogens with zero attached hydrogens (tertiary/aromatic N) is 1. The second kappa shape index (κ2) is 6.46. The summed E-state index contributed by atoms with van der Waals surface area (Å²) in [4.78, 5) is 13.2. The van der Waals surface area contributed by atoms with Crippen LogP contribution in [-0.2, 0) is 11.2 Å². The molecule has 0 bridgehead atoms. The number of benzene rings is 1. The molecule has 2 rings (SSSR count). The maximum absolute atomic E-state index is 12.9. The van der Waals surface area contributed by atoms with E-state index in [1.54, 1.807) is 24.3 Å². The Labute approximate surface area is 131 Å². The van der Waals surface area contributed by atoms with Crippen LogP contribution in [0, 0.1) is 0 Å². The van der Waals surface area contributed by atoms with Crippen molar-refractivity contribution >= 4 is 17.5 Å². The lowest BCUT2D eigenvalue weighted by atomic mass is 9.92. The number of β-amino-alcohol motifs (C(OH)–C–C–N with tert-alkyl or cyclic N) is 1. The van der Waals surface area contributed by atoms with Crippen molar-refractivity contribution in [2.24, 2.45) is 0 Å². The lowest BCUT2D eigenvalue weighted by Crippen LogP contribution is -2.58. The van der Waals surface area contributed by atoms with Crippen LogP contribution in [0.2, 0.25) is 5.02 Å². The second-order valence-electron chi connectivity index (χ2n) is 5.57. The number of likely N-dealkylation sites (tertiary alicyclic amines) is 1. The standard InChI is InChI=1S/C15H17ClF3NO2/c16-12-5-2-11(3-6-12)4-7-13(21)20-9-1-8-14(22,10-20)15(17,18)19/h2-3,5-6,22H,1,4,7-10H2. The molecule has 22 heavy (non-hydrogen) atoms. The smallest absolute Gasteiger partial charge is 0.379 e. The van der Waals surface area contributed by atoms with Crippen LogP contribution >= 0.6 is 11.6 Å². The Kier molecular flexibility index (Phi) is 5.02. The maximum Gasteiger partial charge on any atom is 0.418 e. The molecule has 1 atom stereocenters. The van der Waals surface area contributed by atoms with Gasteiger partial charge < -0.3 is 10.0 Å². The number of hydrogen-bond donors (Lipinski definition) is 1. The molecule has 1 saturated heterocycles. The van der Waals surface area contributed by atoms with Gasteiger partial charge in [0, 0.05) is 18.0 Å². The van der Waals surface area contributed by atoms with Crippen LogP contribution in [0.25, 0.3) is 0 Å². The quantitative estimate of drug-likeness (QED) is 0.921.